The Labute approximate surface area is 233 Å². The number of anilines is 1. The van der Waals surface area contributed by atoms with Crippen LogP contribution in [0, 0.1) is 12.8 Å². The van der Waals surface area contributed by atoms with Crippen LogP contribution in [0.5, 0.6) is 0 Å². The quantitative estimate of drug-likeness (QED) is 0.181. The number of nitrogens with one attached hydrogen (secondary N) is 2. The van der Waals surface area contributed by atoms with E-state index in [1.165, 1.54) is 11.8 Å². The minimum absolute atomic E-state index is 0.0305. The summed E-state index contributed by atoms with van der Waals surface area (Å²) in [6.45, 7) is 13.8. The zero-order valence-electron chi connectivity index (χ0n) is 22.9. The minimum Gasteiger partial charge on any atom is -0.459 e. The average Bonchev–Trinajstić information content (AvgIpc) is 3.28. The Morgan fingerprint density at radius 1 is 1.05 bits per heavy atom. The second-order valence-electron chi connectivity index (χ2n) is 9.67. The smallest absolute Gasteiger partial charge is 0.338 e. The molecule has 10 heteroatoms. The van der Waals surface area contributed by atoms with Crippen molar-refractivity contribution in [1.29, 1.82) is 0 Å². The largest absolute Gasteiger partial charge is 0.459 e. The van der Waals surface area contributed by atoms with E-state index in [0.29, 0.717) is 34.3 Å². The fourth-order valence-electron chi connectivity index (χ4n) is 3.73. The molecule has 1 heterocycles. The van der Waals surface area contributed by atoms with Gasteiger partial charge in [0.1, 0.15) is 0 Å². The molecule has 0 bridgehead atoms. The Morgan fingerprint density at radius 2 is 1.77 bits per heavy atom. The van der Waals surface area contributed by atoms with Crippen molar-refractivity contribution in [3.8, 4) is 0 Å². The minimum atomic E-state index is -0.449. The Balaban J connectivity index is 1.71. The van der Waals surface area contributed by atoms with Gasteiger partial charge in [-0.1, -0.05) is 55.4 Å². The van der Waals surface area contributed by atoms with Crippen molar-refractivity contribution in [2.75, 3.05) is 11.1 Å². The molecule has 0 unspecified atom stereocenters. The van der Waals surface area contributed by atoms with Crippen molar-refractivity contribution < 1.29 is 19.1 Å². The van der Waals surface area contributed by atoms with E-state index in [1.54, 1.807) is 56.3 Å². The highest BCUT2D eigenvalue weighted by Gasteiger charge is 2.26. The number of thioether (sulfide) groups is 1. The zero-order chi connectivity index (χ0) is 28.5. The molecule has 1 atom stereocenters. The Morgan fingerprint density at radius 3 is 2.41 bits per heavy atom. The van der Waals surface area contributed by atoms with Crippen LogP contribution in [0.2, 0.25) is 0 Å². The Kier molecular flexibility index (Phi) is 10.4. The molecule has 0 aliphatic carbocycles. The highest BCUT2D eigenvalue weighted by molar-refractivity contribution is 7.99. The first kappa shape index (κ1) is 29.6. The zero-order valence-corrected chi connectivity index (χ0v) is 23.7. The lowest BCUT2D eigenvalue weighted by atomic mass is 10.0. The maximum absolute atomic E-state index is 13.0. The normalized spacial score (nSPS) is 11.8. The second kappa shape index (κ2) is 13.7. The lowest BCUT2D eigenvalue weighted by Gasteiger charge is -2.22. The standard InChI is InChI=1S/C29H35N5O4S/c1-7-15-34-26(25(18(2)3)31-27(36)21-13-11-20(6)12-14-21)32-33-29(34)39-17-24(35)30-23-10-8-9-22(16-23)28(37)38-19(4)5/h7-14,16,18-19,25H,1,15,17H2,2-6H3,(H,30,35)(H,31,36)/t25-/m1/s1. The number of amides is 2. The molecule has 206 valence electrons. The molecular weight excluding hydrogens is 514 g/mol. The highest BCUT2D eigenvalue weighted by Crippen LogP contribution is 2.26. The highest BCUT2D eigenvalue weighted by atomic mass is 32.2. The molecule has 1 aromatic heterocycles. The van der Waals surface area contributed by atoms with Crippen LogP contribution in [0.15, 0.2) is 66.3 Å². The number of hydrogen-bond acceptors (Lipinski definition) is 7. The number of carbonyl (C=O) groups excluding carboxylic acids is 3. The number of aryl methyl sites for hydroxylation is 1. The summed E-state index contributed by atoms with van der Waals surface area (Å²) in [4.78, 5) is 37.8. The number of benzene rings is 2. The first-order valence-electron chi connectivity index (χ1n) is 12.7. The van der Waals surface area contributed by atoms with Crippen LogP contribution in [-0.4, -0.2) is 44.4 Å². The molecule has 3 aromatic rings. The van der Waals surface area contributed by atoms with E-state index in [4.69, 9.17) is 4.74 Å². The van der Waals surface area contributed by atoms with Gasteiger partial charge in [0.05, 0.1) is 23.5 Å². The number of allylic oxidation sites excluding steroid dienone is 1. The summed E-state index contributed by atoms with van der Waals surface area (Å²) in [5.74, 6) is -0.229. The first-order chi connectivity index (χ1) is 18.6. The van der Waals surface area contributed by atoms with Crippen LogP contribution < -0.4 is 10.6 Å². The van der Waals surface area contributed by atoms with Crippen LogP contribution in [-0.2, 0) is 16.1 Å². The number of esters is 1. The summed E-state index contributed by atoms with van der Waals surface area (Å²) >= 11 is 1.23. The van der Waals surface area contributed by atoms with Crippen LogP contribution in [0.1, 0.15) is 65.8 Å². The monoisotopic (exact) mass is 549 g/mol. The van der Waals surface area contributed by atoms with Gasteiger partial charge in [-0.25, -0.2) is 4.79 Å². The number of carbonyl (C=O) groups is 3. The molecule has 0 saturated carbocycles. The van der Waals surface area contributed by atoms with Gasteiger partial charge in [0.2, 0.25) is 5.91 Å². The summed E-state index contributed by atoms with van der Waals surface area (Å²) in [6.07, 6.45) is 1.48. The number of aromatic nitrogens is 3. The molecule has 3 rings (SSSR count). The summed E-state index contributed by atoms with van der Waals surface area (Å²) in [6, 6.07) is 13.6. The van der Waals surface area contributed by atoms with Crippen LogP contribution in [0.3, 0.4) is 0 Å². The van der Waals surface area contributed by atoms with E-state index in [9.17, 15) is 14.4 Å². The summed E-state index contributed by atoms with van der Waals surface area (Å²) in [5.41, 5.74) is 2.49. The second-order valence-corrected chi connectivity index (χ2v) is 10.6. The van der Waals surface area contributed by atoms with Gasteiger partial charge in [-0.05, 0) is 57.0 Å². The lowest BCUT2D eigenvalue weighted by Crippen LogP contribution is -2.33. The van der Waals surface area contributed by atoms with Crippen LogP contribution in [0.25, 0.3) is 0 Å². The topological polar surface area (TPSA) is 115 Å². The van der Waals surface area contributed by atoms with Gasteiger partial charge in [0.15, 0.2) is 11.0 Å². The molecule has 0 aliphatic rings. The molecule has 0 fully saturated rings. The lowest BCUT2D eigenvalue weighted by molar-refractivity contribution is -0.113. The third-order valence-corrected chi connectivity index (χ3v) is 6.63. The molecule has 0 spiro atoms. The Bertz CT molecular complexity index is 1320. The first-order valence-corrected chi connectivity index (χ1v) is 13.7. The van der Waals surface area contributed by atoms with Gasteiger partial charge >= 0.3 is 5.97 Å². The van der Waals surface area contributed by atoms with Gasteiger partial charge in [-0.15, -0.1) is 16.8 Å². The molecule has 2 N–H and O–H groups in total. The fourth-order valence-corrected chi connectivity index (χ4v) is 4.48. The third-order valence-electron chi connectivity index (χ3n) is 5.66. The maximum Gasteiger partial charge on any atom is 0.338 e. The SMILES string of the molecule is C=CCn1c(SCC(=O)Nc2cccc(C(=O)OC(C)C)c2)nnc1[C@H](NC(=O)c1ccc(C)cc1)C(C)C. The van der Waals surface area contributed by atoms with Crippen molar-refractivity contribution >= 4 is 35.2 Å². The number of nitrogens with zero attached hydrogens (tertiary/aromatic N) is 3. The van der Waals surface area contributed by atoms with E-state index in [0.717, 1.165) is 5.56 Å². The molecular formula is C29H35N5O4S. The number of rotatable bonds is 12. The summed E-state index contributed by atoms with van der Waals surface area (Å²) in [7, 11) is 0. The van der Waals surface area contributed by atoms with Crippen molar-refractivity contribution in [2.45, 2.75) is 58.5 Å². The number of ether oxygens (including phenoxy) is 1. The summed E-state index contributed by atoms with van der Waals surface area (Å²) in [5, 5.41) is 15.1. The van der Waals surface area contributed by atoms with Crippen LogP contribution in [0.4, 0.5) is 5.69 Å². The van der Waals surface area contributed by atoms with Crippen molar-refractivity contribution in [1.82, 2.24) is 20.1 Å². The van der Waals surface area contributed by atoms with Crippen molar-refractivity contribution in [2.24, 2.45) is 5.92 Å². The van der Waals surface area contributed by atoms with E-state index in [2.05, 4.69) is 27.4 Å². The average molecular weight is 550 g/mol. The van der Waals surface area contributed by atoms with Gasteiger partial charge in [0, 0.05) is 17.8 Å². The van der Waals surface area contributed by atoms with Gasteiger partial charge in [-0.3, -0.25) is 9.59 Å². The third kappa shape index (κ3) is 8.28. The number of hydrogen-bond donors (Lipinski definition) is 2. The maximum atomic E-state index is 13.0. The molecule has 2 amide bonds. The van der Waals surface area contributed by atoms with Gasteiger partial charge < -0.3 is 19.9 Å². The van der Waals surface area contributed by atoms with E-state index >= 15 is 0 Å². The van der Waals surface area contributed by atoms with Crippen molar-refractivity contribution in [3.63, 3.8) is 0 Å². The predicted molar refractivity (Wildman–Crippen MR) is 153 cm³/mol. The van der Waals surface area contributed by atoms with Gasteiger partial charge in [-0.2, -0.15) is 0 Å². The predicted octanol–water partition coefficient (Wildman–Crippen LogP) is 5.20. The van der Waals surface area contributed by atoms with E-state index in [-0.39, 0.29) is 29.6 Å². The van der Waals surface area contributed by atoms with Crippen molar-refractivity contribution in [3.05, 3.63) is 83.7 Å². The van der Waals surface area contributed by atoms with E-state index < -0.39 is 12.0 Å². The molecule has 0 aliphatic heterocycles. The van der Waals surface area contributed by atoms with Gasteiger partial charge in [0.25, 0.3) is 5.91 Å². The summed E-state index contributed by atoms with van der Waals surface area (Å²) < 4.78 is 7.08. The van der Waals surface area contributed by atoms with Crippen LogP contribution >= 0.6 is 11.8 Å². The molecule has 0 saturated heterocycles. The Hall–Kier alpha value is -3.92. The molecule has 0 radical (unpaired) electrons. The van der Waals surface area contributed by atoms with E-state index in [1.807, 2.05) is 37.5 Å². The molecule has 39 heavy (non-hydrogen) atoms. The molecule has 9 nitrogen and oxygen atoms in total. The molecule has 2 aromatic carbocycles. The fraction of sp³-hybridized carbons (Fsp3) is 0.345.